The average Bonchev–Trinajstić information content (AvgIpc) is 2.97. The minimum atomic E-state index is -0.324. The largest absolute Gasteiger partial charge is 0.461 e. The summed E-state index contributed by atoms with van der Waals surface area (Å²) in [6.07, 6.45) is 6.85. The van der Waals surface area contributed by atoms with Gasteiger partial charge in [-0.1, -0.05) is 12.8 Å². The van der Waals surface area contributed by atoms with Crippen molar-refractivity contribution in [1.82, 2.24) is 9.78 Å². The van der Waals surface area contributed by atoms with Crippen LogP contribution in [0, 0.1) is 0 Å². The molecule has 0 aliphatic heterocycles. The summed E-state index contributed by atoms with van der Waals surface area (Å²) in [6, 6.07) is 0.392. The van der Waals surface area contributed by atoms with Gasteiger partial charge in [0.25, 0.3) is 0 Å². The van der Waals surface area contributed by atoms with Crippen LogP contribution >= 0.6 is 0 Å². The van der Waals surface area contributed by atoms with Crippen LogP contribution < -0.4 is 5.73 Å². The van der Waals surface area contributed by atoms with Gasteiger partial charge < -0.3 is 10.5 Å². The summed E-state index contributed by atoms with van der Waals surface area (Å²) in [6.45, 7) is 2.19. The predicted octanol–water partition coefficient (Wildman–Crippen LogP) is 2.63. The van der Waals surface area contributed by atoms with Gasteiger partial charge in [0.15, 0.2) is 5.69 Å². The van der Waals surface area contributed by atoms with Crippen molar-refractivity contribution in [3.8, 4) is 0 Å². The van der Waals surface area contributed by atoms with Gasteiger partial charge in [0.1, 0.15) is 5.82 Å². The molecule has 0 atom stereocenters. The molecule has 2 aliphatic rings. The van der Waals surface area contributed by atoms with Gasteiger partial charge in [0.2, 0.25) is 0 Å². The van der Waals surface area contributed by atoms with Crippen molar-refractivity contribution in [2.24, 2.45) is 0 Å². The van der Waals surface area contributed by atoms with Crippen molar-refractivity contribution in [2.45, 2.75) is 57.4 Å². The number of nitrogen functional groups attached to an aromatic ring is 1. The minimum absolute atomic E-state index is 0.324. The summed E-state index contributed by atoms with van der Waals surface area (Å²) in [5, 5.41) is 4.45. The fourth-order valence-electron chi connectivity index (χ4n) is 3.02. The Bertz CT molecular complexity index is 485. The number of aromatic nitrogens is 2. The zero-order valence-corrected chi connectivity index (χ0v) is 11.4. The highest BCUT2D eigenvalue weighted by Crippen LogP contribution is 2.43. The standard InChI is InChI=1S/C14H21N3O2/c1-2-19-14(18)12-11(9-5-3-4-6-9)13(15)17(16-12)10-7-8-10/h9-10H,2-8,15H2,1H3. The van der Waals surface area contributed by atoms with E-state index >= 15 is 0 Å². The van der Waals surface area contributed by atoms with Gasteiger partial charge >= 0.3 is 5.97 Å². The van der Waals surface area contributed by atoms with Gasteiger partial charge in [0.05, 0.1) is 12.6 Å². The van der Waals surface area contributed by atoms with Crippen molar-refractivity contribution in [3.05, 3.63) is 11.3 Å². The molecule has 2 aliphatic carbocycles. The Labute approximate surface area is 113 Å². The van der Waals surface area contributed by atoms with E-state index in [1.54, 1.807) is 0 Å². The Balaban J connectivity index is 1.99. The predicted molar refractivity (Wildman–Crippen MR) is 72.1 cm³/mol. The molecule has 0 spiro atoms. The molecule has 2 N–H and O–H groups in total. The number of nitrogens with two attached hydrogens (primary N) is 1. The van der Waals surface area contributed by atoms with Crippen LogP contribution in [0.2, 0.25) is 0 Å². The topological polar surface area (TPSA) is 70.1 Å². The maximum Gasteiger partial charge on any atom is 0.359 e. The van der Waals surface area contributed by atoms with Crippen LogP contribution in [0.1, 0.15) is 73.5 Å². The summed E-state index contributed by atoms with van der Waals surface area (Å²) < 4.78 is 6.97. The molecule has 0 saturated heterocycles. The Morgan fingerprint density at radius 3 is 2.63 bits per heavy atom. The zero-order valence-electron chi connectivity index (χ0n) is 11.4. The van der Waals surface area contributed by atoms with E-state index in [4.69, 9.17) is 10.5 Å². The first-order chi connectivity index (χ1) is 9.22. The summed E-state index contributed by atoms with van der Waals surface area (Å²) >= 11 is 0. The molecule has 0 unspecified atom stereocenters. The van der Waals surface area contributed by atoms with Gasteiger partial charge in [-0.25, -0.2) is 9.48 Å². The van der Waals surface area contributed by atoms with Gasteiger partial charge in [-0.15, -0.1) is 0 Å². The number of anilines is 1. The summed E-state index contributed by atoms with van der Waals surface area (Å²) in [4.78, 5) is 12.1. The van der Waals surface area contributed by atoms with E-state index in [1.807, 2.05) is 11.6 Å². The molecule has 2 saturated carbocycles. The van der Waals surface area contributed by atoms with Crippen molar-refractivity contribution in [1.29, 1.82) is 0 Å². The molecule has 5 heteroatoms. The third-order valence-electron chi connectivity index (χ3n) is 4.11. The van der Waals surface area contributed by atoms with Crippen molar-refractivity contribution < 1.29 is 9.53 Å². The van der Waals surface area contributed by atoms with Crippen LogP contribution in [0.15, 0.2) is 0 Å². The number of ether oxygens (including phenoxy) is 1. The normalized spacial score (nSPS) is 19.8. The number of nitrogens with zero attached hydrogens (tertiary/aromatic N) is 2. The van der Waals surface area contributed by atoms with Crippen LogP contribution in [-0.2, 0) is 4.74 Å². The van der Waals surface area contributed by atoms with Gasteiger partial charge in [-0.05, 0) is 38.5 Å². The van der Waals surface area contributed by atoms with E-state index in [0.29, 0.717) is 30.1 Å². The highest BCUT2D eigenvalue weighted by molar-refractivity contribution is 5.90. The van der Waals surface area contributed by atoms with Gasteiger partial charge in [0, 0.05) is 5.56 Å². The molecular formula is C14H21N3O2. The molecule has 1 heterocycles. The van der Waals surface area contributed by atoms with Crippen LogP contribution in [0.3, 0.4) is 0 Å². The Morgan fingerprint density at radius 1 is 1.37 bits per heavy atom. The summed E-state index contributed by atoms with van der Waals surface area (Å²) in [5.41, 5.74) is 7.66. The number of carbonyl (C=O) groups excluding carboxylic acids is 1. The lowest BCUT2D eigenvalue weighted by Gasteiger charge is -2.10. The number of hydrogen-bond donors (Lipinski definition) is 1. The highest BCUT2D eigenvalue weighted by Gasteiger charge is 2.34. The monoisotopic (exact) mass is 263 g/mol. The second-order valence-corrected chi connectivity index (χ2v) is 5.53. The maximum atomic E-state index is 12.1. The summed E-state index contributed by atoms with van der Waals surface area (Å²) in [5.74, 6) is 0.750. The van der Waals surface area contributed by atoms with E-state index in [0.717, 1.165) is 31.2 Å². The Hall–Kier alpha value is -1.52. The lowest BCUT2D eigenvalue weighted by molar-refractivity contribution is 0.0516. The third kappa shape index (κ3) is 2.22. The van der Waals surface area contributed by atoms with E-state index < -0.39 is 0 Å². The van der Waals surface area contributed by atoms with Crippen molar-refractivity contribution >= 4 is 11.8 Å². The molecule has 19 heavy (non-hydrogen) atoms. The number of rotatable bonds is 4. The Kier molecular flexibility index (Phi) is 3.21. The smallest absolute Gasteiger partial charge is 0.359 e. The maximum absolute atomic E-state index is 12.1. The SMILES string of the molecule is CCOC(=O)c1nn(C2CC2)c(N)c1C1CCCC1. The third-order valence-corrected chi connectivity index (χ3v) is 4.11. The number of carbonyl (C=O) groups is 1. The first kappa shape index (κ1) is 12.5. The van der Waals surface area contributed by atoms with Gasteiger partial charge in [-0.3, -0.25) is 0 Å². The fourth-order valence-corrected chi connectivity index (χ4v) is 3.02. The van der Waals surface area contributed by atoms with E-state index in [1.165, 1.54) is 12.8 Å². The summed E-state index contributed by atoms with van der Waals surface area (Å²) in [7, 11) is 0. The molecule has 5 nitrogen and oxygen atoms in total. The quantitative estimate of drug-likeness (QED) is 0.848. The van der Waals surface area contributed by atoms with Crippen LogP contribution in [-0.4, -0.2) is 22.4 Å². The lowest BCUT2D eigenvalue weighted by atomic mass is 9.97. The second-order valence-electron chi connectivity index (χ2n) is 5.53. The minimum Gasteiger partial charge on any atom is -0.461 e. The molecule has 0 radical (unpaired) electrons. The van der Waals surface area contributed by atoms with Crippen molar-refractivity contribution in [2.75, 3.05) is 12.3 Å². The van der Waals surface area contributed by atoms with Crippen LogP contribution in [0.25, 0.3) is 0 Å². The molecule has 1 aromatic rings. The number of hydrogen-bond acceptors (Lipinski definition) is 4. The van der Waals surface area contributed by atoms with Crippen LogP contribution in [0.5, 0.6) is 0 Å². The van der Waals surface area contributed by atoms with Crippen molar-refractivity contribution in [3.63, 3.8) is 0 Å². The van der Waals surface area contributed by atoms with Crippen LogP contribution in [0.4, 0.5) is 5.82 Å². The Morgan fingerprint density at radius 2 is 2.05 bits per heavy atom. The molecule has 0 amide bonds. The molecule has 104 valence electrons. The molecule has 0 aromatic carbocycles. The molecule has 1 aromatic heterocycles. The van der Waals surface area contributed by atoms with E-state index in [2.05, 4.69) is 5.10 Å². The molecule has 0 bridgehead atoms. The van der Waals surface area contributed by atoms with E-state index in [-0.39, 0.29) is 5.97 Å². The molecule has 2 fully saturated rings. The fraction of sp³-hybridized carbons (Fsp3) is 0.714. The second kappa shape index (κ2) is 4.87. The molecule has 3 rings (SSSR count). The highest BCUT2D eigenvalue weighted by atomic mass is 16.5. The lowest BCUT2D eigenvalue weighted by Crippen LogP contribution is -2.10. The van der Waals surface area contributed by atoms with Gasteiger partial charge in [-0.2, -0.15) is 5.10 Å². The first-order valence-corrected chi connectivity index (χ1v) is 7.27. The average molecular weight is 263 g/mol. The zero-order chi connectivity index (χ0) is 13.4. The molecular weight excluding hydrogens is 242 g/mol. The first-order valence-electron chi connectivity index (χ1n) is 7.27. The van der Waals surface area contributed by atoms with E-state index in [9.17, 15) is 4.79 Å². The number of esters is 1.